The van der Waals surface area contributed by atoms with Gasteiger partial charge in [-0.2, -0.15) is 0 Å². The smallest absolute Gasteiger partial charge is 0.225 e. The molecule has 4 saturated heterocycles. The Balaban J connectivity index is 0.000000166. The van der Waals surface area contributed by atoms with Crippen LogP contribution in [0, 0.1) is 23.7 Å². The number of fused-ring (bicyclic) bond motifs is 2. The van der Waals surface area contributed by atoms with Crippen molar-refractivity contribution < 1.29 is 19.1 Å². The number of carbonyl (C=O) groups is 2. The van der Waals surface area contributed by atoms with Gasteiger partial charge in [-0.25, -0.2) is 0 Å². The van der Waals surface area contributed by atoms with Crippen molar-refractivity contribution in [2.75, 3.05) is 26.4 Å². The molecule has 0 saturated carbocycles. The normalized spacial score (nSPS) is 35.2. The van der Waals surface area contributed by atoms with Gasteiger partial charge in [0.05, 0.1) is 13.2 Å². The van der Waals surface area contributed by atoms with E-state index in [0.29, 0.717) is 29.8 Å². The van der Waals surface area contributed by atoms with Crippen LogP contribution >= 0.6 is 0 Å². The predicted molar refractivity (Wildman–Crippen MR) is 118 cm³/mol. The number of likely N-dealkylation sites (tertiary alicyclic amines) is 1. The van der Waals surface area contributed by atoms with Crippen LogP contribution in [0.1, 0.15) is 45.1 Å². The lowest BCUT2D eigenvalue weighted by atomic mass is 9.81. The molecule has 1 N–H and O–H groups in total. The number of carbonyl (C=O) groups excluding carboxylic acids is 2. The first kappa shape index (κ1) is 22.3. The quantitative estimate of drug-likeness (QED) is 0.786. The van der Waals surface area contributed by atoms with E-state index in [4.69, 9.17) is 9.47 Å². The number of ether oxygens (including phenoxy) is 2. The lowest BCUT2D eigenvalue weighted by molar-refractivity contribution is -0.151. The number of nitrogens with zero attached hydrogens (tertiary/aromatic N) is 1. The van der Waals surface area contributed by atoms with Crippen LogP contribution in [0.2, 0.25) is 0 Å². The van der Waals surface area contributed by atoms with E-state index in [-0.39, 0.29) is 17.7 Å². The minimum absolute atomic E-state index is 0.131. The Morgan fingerprint density at radius 3 is 2.39 bits per heavy atom. The van der Waals surface area contributed by atoms with Gasteiger partial charge in [-0.15, -0.1) is 0 Å². The molecule has 6 heteroatoms. The van der Waals surface area contributed by atoms with Crippen LogP contribution in [0.25, 0.3) is 0 Å². The summed E-state index contributed by atoms with van der Waals surface area (Å²) >= 11 is 0. The fraction of sp³-hybridized carbons (Fsp3) is 0.680. The summed E-state index contributed by atoms with van der Waals surface area (Å²) in [4.78, 5) is 25.9. The van der Waals surface area contributed by atoms with Crippen molar-refractivity contribution in [1.82, 2.24) is 10.2 Å². The predicted octanol–water partition coefficient (Wildman–Crippen LogP) is 3.01. The van der Waals surface area contributed by atoms with E-state index in [2.05, 4.69) is 22.3 Å². The minimum atomic E-state index is 0.131. The molecular weight excluding hydrogens is 392 g/mol. The second-order valence-corrected chi connectivity index (χ2v) is 9.66. The Hall–Kier alpha value is -1.92. The van der Waals surface area contributed by atoms with Crippen molar-refractivity contribution in [2.45, 2.75) is 58.2 Å². The van der Waals surface area contributed by atoms with Crippen LogP contribution in [-0.4, -0.2) is 55.2 Å². The number of hydrogen-bond donors (Lipinski definition) is 1. The van der Waals surface area contributed by atoms with Gasteiger partial charge in [0.2, 0.25) is 11.8 Å². The summed E-state index contributed by atoms with van der Waals surface area (Å²) in [6.45, 7) is 8.00. The highest BCUT2D eigenvalue weighted by molar-refractivity contribution is 5.80. The molecule has 0 aromatic heterocycles. The number of piperidine rings is 2. The fourth-order valence-electron chi connectivity index (χ4n) is 5.50. The van der Waals surface area contributed by atoms with E-state index in [9.17, 15) is 9.59 Å². The molecule has 170 valence electrons. The zero-order chi connectivity index (χ0) is 21.8. The van der Waals surface area contributed by atoms with Crippen LogP contribution < -0.4 is 5.32 Å². The highest BCUT2D eigenvalue weighted by Gasteiger charge is 2.41. The molecule has 1 aromatic rings. The molecule has 2 amide bonds. The van der Waals surface area contributed by atoms with E-state index in [1.807, 2.05) is 32.0 Å². The SMILES string of the molecule is CC1CC2COCCC2N(Cc2ccccc2)C1=O.CC1CC2COCCC2NC1=O. The van der Waals surface area contributed by atoms with Gasteiger partial charge >= 0.3 is 0 Å². The fourth-order valence-corrected chi connectivity index (χ4v) is 5.50. The molecule has 6 nitrogen and oxygen atoms in total. The maximum Gasteiger partial charge on any atom is 0.225 e. The molecule has 0 radical (unpaired) electrons. The van der Waals surface area contributed by atoms with Crippen LogP contribution in [0.4, 0.5) is 0 Å². The van der Waals surface area contributed by atoms with Crippen molar-refractivity contribution >= 4 is 11.8 Å². The summed E-state index contributed by atoms with van der Waals surface area (Å²) in [5.41, 5.74) is 1.22. The second kappa shape index (κ2) is 10.1. The van der Waals surface area contributed by atoms with Gasteiger partial charge < -0.3 is 19.7 Å². The summed E-state index contributed by atoms with van der Waals surface area (Å²) in [6, 6.07) is 11.0. The van der Waals surface area contributed by atoms with Gasteiger partial charge in [0.15, 0.2) is 0 Å². The lowest BCUT2D eigenvalue weighted by Gasteiger charge is -2.46. The molecule has 0 spiro atoms. The van der Waals surface area contributed by atoms with E-state index < -0.39 is 0 Å². The first-order chi connectivity index (χ1) is 15.0. The third kappa shape index (κ3) is 5.29. The topological polar surface area (TPSA) is 67.9 Å². The summed E-state index contributed by atoms with van der Waals surface area (Å²) in [6.07, 6.45) is 3.95. The number of hydrogen-bond acceptors (Lipinski definition) is 4. The molecular formula is C25H36N2O4. The van der Waals surface area contributed by atoms with Crippen molar-refractivity contribution in [3.8, 4) is 0 Å². The molecule has 6 atom stereocenters. The Morgan fingerprint density at radius 2 is 1.61 bits per heavy atom. The van der Waals surface area contributed by atoms with Crippen LogP contribution in [-0.2, 0) is 25.6 Å². The highest BCUT2D eigenvalue weighted by atomic mass is 16.5. The largest absolute Gasteiger partial charge is 0.381 e. The van der Waals surface area contributed by atoms with E-state index in [0.717, 1.165) is 58.7 Å². The Bertz CT molecular complexity index is 755. The van der Waals surface area contributed by atoms with Crippen LogP contribution in [0.5, 0.6) is 0 Å². The van der Waals surface area contributed by atoms with Crippen LogP contribution in [0.3, 0.4) is 0 Å². The standard InChI is InChI=1S/C16H21NO2.C9H15NO2/c1-12-9-14-11-19-8-7-15(14)17(16(12)18)10-13-5-3-2-4-6-13;1-6-4-7-5-12-3-2-8(7)10-9(6)11/h2-6,12,14-15H,7-11H2,1H3;6-8H,2-5H2,1H3,(H,10,11). The summed E-state index contributed by atoms with van der Waals surface area (Å²) in [5.74, 6) is 1.92. The van der Waals surface area contributed by atoms with E-state index in [1.165, 1.54) is 5.56 Å². The van der Waals surface area contributed by atoms with Gasteiger partial charge in [0, 0.05) is 55.5 Å². The number of nitrogens with one attached hydrogen (secondary N) is 1. The summed E-state index contributed by atoms with van der Waals surface area (Å²) in [7, 11) is 0. The zero-order valence-electron chi connectivity index (χ0n) is 18.8. The van der Waals surface area contributed by atoms with Gasteiger partial charge in [0.1, 0.15) is 0 Å². The summed E-state index contributed by atoms with van der Waals surface area (Å²) < 4.78 is 11.0. The maximum atomic E-state index is 12.5. The Kier molecular flexibility index (Phi) is 7.28. The first-order valence-corrected chi connectivity index (χ1v) is 11.8. The average molecular weight is 429 g/mol. The van der Waals surface area contributed by atoms with Gasteiger partial charge in [-0.3, -0.25) is 9.59 Å². The minimum Gasteiger partial charge on any atom is -0.381 e. The first-order valence-electron chi connectivity index (χ1n) is 11.8. The molecule has 0 bridgehead atoms. The van der Waals surface area contributed by atoms with Crippen molar-refractivity contribution in [3.63, 3.8) is 0 Å². The third-order valence-corrected chi connectivity index (χ3v) is 7.30. The summed E-state index contributed by atoms with van der Waals surface area (Å²) in [5, 5.41) is 3.05. The van der Waals surface area contributed by atoms with Gasteiger partial charge in [0.25, 0.3) is 0 Å². The number of amides is 2. The Morgan fingerprint density at radius 1 is 0.935 bits per heavy atom. The molecule has 0 aliphatic carbocycles. The van der Waals surface area contributed by atoms with Gasteiger partial charge in [-0.05, 0) is 31.2 Å². The molecule has 6 unspecified atom stereocenters. The highest BCUT2D eigenvalue weighted by Crippen LogP contribution is 2.34. The van der Waals surface area contributed by atoms with Crippen molar-refractivity contribution in [3.05, 3.63) is 35.9 Å². The monoisotopic (exact) mass is 428 g/mol. The van der Waals surface area contributed by atoms with Crippen LogP contribution in [0.15, 0.2) is 30.3 Å². The number of rotatable bonds is 2. The van der Waals surface area contributed by atoms with Gasteiger partial charge in [-0.1, -0.05) is 44.2 Å². The lowest BCUT2D eigenvalue weighted by Crippen LogP contribution is -2.54. The average Bonchev–Trinajstić information content (AvgIpc) is 2.79. The molecule has 31 heavy (non-hydrogen) atoms. The molecule has 5 rings (SSSR count). The van der Waals surface area contributed by atoms with E-state index >= 15 is 0 Å². The molecule has 4 aliphatic rings. The second-order valence-electron chi connectivity index (χ2n) is 9.66. The van der Waals surface area contributed by atoms with E-state index in [1.54, 1.807) is 0 Å². The van der Waals surface area contributed by atoms with Crippen molar-refractivity contribution in [1.29, 1.82) is 0 Å². The molecule has 4 heterocycles. The van der Waals surface area contributed by atoms with Crippen molar-refractivity contribution in [2.24, 2.45) is 23.7 Å². The third-order valence-electron chi connectivity index (χ3n) is 7.30. The Labute approximate surface area is 185 Å². The zero-order valence-corrected chi connectivity index (χ0v) is 18.8. The maximum absolute atomic E-state index is 12.5. The molecule has 1 aromatic carbocycles. The molecule has 4 aliphatic heterocycles. The molecule has 4 fully saturated rings. The number of benzene rings is 1.